The largest absolute Gasteiger partial charge is 0.360 e. The average molecular weight is 480 g/mol. The molecule has 4 aliphatic rings. The fourth-order valence-electron chi connectivity index (χ4n) is 6.03. The van der Waals surface area contributed by atoms with Gasteiger partial charge in [-0.25, -0.2) is 0 Å². The highest BCUT2D eigenvalue weighted by Gasteiger charge is 2.49. The highest BCUT2D eigenvalue weighted by Crippen LogP contribution is 2.41. The van der Waals surface area contributed by atoms with E-state index in [-0.39, 0.29) is 24.0 Å². The van der Waals surface area contributed by atoms with Crippen molar-refractivity contribution in [3.05, 3.63) is 17.5 Å². The molecular weight excluding hydrogens is 442 g/mol. The average Bonchev–Trinajstić information content (AvgIpc) is 3.45. The van der Waals surface area contributed by atoms with Crippen LogP contribution < -0.4 is 5.32 Å². The summed E-state index contributed by atoms with van der Waals surface area (Å²) in [6.45, 7) is 4.41. The van der Waals surface area contributed by atoms with Crippen LogP contribution in [-0.4, -0.2) is 83.8 Å². The quantitative estimate of drug-likeness (QED) is 0.614. The van der Waals surface area contributed by atoms with Gasteiger partial charge < -0.3 is 14.7 Å². The van der Waals surface area contributed by atoms with Gasteiger partial charge in [-0.15, -0.1) is 0 Å². The second-order valence-electron chi connectivity index (χ2n) is 10.4. The molecule has 4 fully saturated rings. The Kier molecular flexibility index (Phi) is 6.54. The van der Waals surface area contributed by atoms with Gasteiger partial charge in [0.1, 0.15) is 5.76 Å². The first-order valence-electron chi connectivity index (χ1n) is 12.6. The Balaban J connectivity index is 1.18. The molecule has 1 aromatic rings. The number of rotatable bonds is 8. The molecule has 2 bridgehead atoms. The Labute approximate surface area is 197 Å². The second-order valence-corrected chi connectivity index (χ2v) is 12.2. The number of carbonyl (C=O) groups excluding carboxylic acids is 1. The van der Waals surface area contributed by atoms with Crippen LogP contribution in [0.4, 0.5) is 0 Å². The molecule has 0 unspecified atom stereocenters. The summed E-state index contributed by atoms with van der Waals surface area (Å²) in [5, 5.41) is 7.03. The van der Waals surface area contributed by atoms with E-state index >= 15 is 0 Å². The van der Waals surface area contributed by atoms with Crippen LogP contribution in [-0.2, 0) is 10.2 Å². The number of piperidine rings is 2. The molecule has 4 heterocycles. The zero-order chi connectivity index (χ0) is 23.2. The van der Waals surface area contributed by atoms with Crippen LogP contribution in [0.5, 0.6) is 0 Å². The van der Waals surface area contributed by atoms with Crippen LogP contribution in [0.1, 0.15) is 86.9 Å². The van der Waals surface area contributed by atoms with E-state index in [2.05, 4.69) is 29.3 Å². The number of hydrogen-bond donors (Lipinski definition) is 1. The van der Waals surface area contributed by atoms with Gasteiger partial charge >= 0.3 is 0 Å². The molecule has 0 radical (unpaired) electrons. The molecule has 1 amide bonds. The minimum absolute atomic E-state index is 0.0315. The van der Waals surface area contributed by atoms with Gasteiger partial charge in [0, 0.05) is 49.2 Å². The van der Waals surface area contributed by atoms with Crippen molar-refractivity contribution in [3.63, 3.8) is 0 Å². The fourth-order valence-corrected chi connectivity index (χ4v) is 8.10. The van der Waals surface area contributed by atoms with Crippen LogP contribution in [0.15, 0.2) is 10.6 Å². The van der Waals surface area contributed by atoms with Gasteiger partial charge in [-0.1, -0.05) is 12.1 Å². The first-order valence-corrected chi connectivity index (χ1v) is 14.0. The normalized spacial score (nSPS) is 29.6. The Morgan fingerprint density at radius 3 is 2.42 bits per heavy atom. The molecule has 184 valence electrons. The van der Waals surface area contributed by atoms with Crippen molar-refractivity contribution in [1.82, 2.24) is 24.0 Å². The number of aromatic nitrogens is 1. The smallest absolute Gasteiger partial charge is 0.282 e. The maximum Gasteiger partial charge on any atom is 0.282 e. The third-order valence-electron chi connectivity index (χ3n) is 7.96. The molecule has 0 aromatic carbocycles. The Morgan fingerprint density at radius 1 is 1.15 bits per heavy atom. The van der Waals surface area contributed by atoms with E-state index in [4.69, 9.17) is 4.52 Å². The van der Waals surface area contributed by atoms with Crippen molar-refractivity contribution in [2.24, 2.45) is 0 Å². The van der Waals surface area contributed by atoms with Crippen molar-refractivity contribution in [1.29, 1.82) is 0 Å². The lowest BCUT2D eigenvalue weighted by molar-refractivity contribution is 0.0896. The maximum absolute atomic E-state index is 13.6. The second kappa shape index (κ2) is 9.28. The molecule has 10 heteroatoms. The predicted molar refractivity (Wildman–Crippen MR) is 124 cm³/mol. The Morgan fingerprint density at radius 2 is 1.82 bits per heavy atom. The molecule has 1 aromatic heterocycles. The molecule has 1 aliphatic carbocycles. The molecule has 5 rings (SSSR count). The topological polar surface area (TPSA) is 99.0 Å². The highest BCUT2D eigenvalue weighted by molar-refractivity contribution is 7.86. The molecule has 1 saturated carbocycles. The van der Waals surface area contributed by atoms with Gasteiger partial charge in [-0.2, -0.15) is 17.0 Å². The van der Waals surface area contributed by atoms with E-state index < -0.39 is 10.2 Å². The molecule has 3 aliphatic heterocycles. The van der Waals surface area contributed by atoms with Gasteiger partial charge in [0.05, 0.1) is 0 Å². The summed E-state index contributed by atoms with van der Waals surface area (Å²) in [6.07, 6.45) is 8.12. The summed E-state index contributed by atoms with van der Waals surface area (Å²) in [5.41, 5.74) is 0.329. The number of fused-ring (bicyclic) bond motifs is 2. The standard InChI is InChI=1S/C23H37N5O4S/c1-3-10-26(2)18-8-11-27(12-9-18)33(30,31)28-19-6-7-20(28)14-17(13-19)24-23(29)21-15-22(32-25-21)16-4-5-16/h15-20H,3-14H2,1-2H3,(H,24,29)/t17-,19+,20-. The third-order valence-corrected chi connectivity index (χ3v) is 10.1. The number of nitrogens with zero attached hydrogens (tertiary/aromatic N) is 4. The Bertz CT molecular complexity index is 940. The van der Waals surface area contributed by atoms with Crippen molar-refractivity contribution in [2.45, 2.75) is 94.8 Å². The van der Waals surface area contributed by atoms with E-state index in [1.165, 1.54) is 0 Å². The third kappa shape index (κ3) is 4.72. The molecule has 3 saturated heterocycles. The summed E-state index contributed by atoms with van der Waals surface area (Å²) in [7, 11) is -1.34. The van der Waals surface area contributed by atoms with Gasteiger partial charge in [-0.3, -0.25) is 4.79 Å². The SMILES string of the molecule is CCCN(C)C1CCN(S(=O)(=O)N2[C@@H]3CC[C@H]2C[C@@H](NC(=O)c2cc(C4CC4)on2)C3)CC1. The molecule has 33 heavy (non-hydrogen) atoms. The maximum atomic E-state index is 13.6. The molecular formula is C23H37N5O4S. The van der Waals surface area contributed by atoms with Gasteiger partial charge in [0.2, 0.25) is 0 Å². The first-order chi connectivity index (χ1) is 15.9. The van der Waals surface area contributed by atoms with Crippen LogP contribution in [0.25, 0.3) is 0 Å². The summed E-state index contributed by atoms with van der Waals surface area (Å²) in [6, 6.07) is 2.10. The minimum Gasteiger partial charge on any atom is -0.360 e. The van der Waals surface area contributed by atoms with Gasteiger partial charge in [0.15, 0.2) is 5.69 Å². The lowest BCUT2D eigenvalue weighted by atomic mass is 9.99. The highest BCUT2D eigenvalue weighted by atomic mass is 32.2. The first kappa shape index (κ1) is 23.3. The van der Waals surface area contributed by atoms with Crippen LogP contribution in [0.3, 0.4) is 0 Å². The van der Waals surface area contributed by atoms with Crippen LogP contribution >= 0.6 is 0 Å². The van der Waals surface area contributed by atoms with Gasteiger partial charge in [-0.05, 0) is 71.4 Å². The molecule has 0 spiro atoms. The predicted octanol–water partition coefficient (Wildman–Crippen LogP) is 2.33. The fraction of sp³-hybridized carbons (Fsp3) is 0.826. The summed E-state index contributed by atoms with van der Waals surface area (Å²) in [5.74, 6) is 0.996. The van der Waals surface area contributed by atoms with Crippen molar-refractivity contribution >= 4 is 16.1 Å². The number of hydrogen-bond acceptors (Lipinski definition) is 6. The molecule has 1 N–H and O–H groups in total. The van der Waals surface area contributed by atoms with Crippen molar-refractivity contribution in [3.8, 4) is 0 Å². The molecule has 9 nitrogen and oxygen atoms in total. The Hall–Kier alpha value is -1.49. The van der Waals surface area contributed by atoms with Gasteiger partial charge in [0.25, 0.3) is 16.1 Å². The lowest BCUT2D eigenvalue weighted by Gasteiger charge is -2.43. The number of amides is 1. The number of carbonyl (C=O) groups is 1. The monoisotopic (exact) mass is 479 g/mol. The number of nitrogens with one attached hydrogen (secondary N) is 1. The zero-order valence-corrected chi connectivity index (χ0v) is 20.6. The molecule has 3 atom stereocenters. The van der Waals surface area contributed by atoms with E-state index in [1.807, 2.05) is 0 Å². The summed E-state index contributed by atoms with van der Waals surface area (Å²) < 4.78 is 35.9. The van der Waals surface area contributed by atoms with E-state index in [1.54, 1.807) is 14.7 Å². The van der Waals surface area contributed by atoms with Crippen molar-refractivity contribution < 1.29 is 17.7 Å². The van der Waals surface area contributed by atoms with E-state index in [9.17, 15) is 13.2 Å². The van der Waals surface area contributed by atoms with Crippen molar-refractivity contribution in [2.75, 3.05) is 26.7 Å². The van der Waals surface area contributed by atoms with Crippen LogP contribution in [0.2, 0.25) is 0 Å². The minimum atomic E-state index is -3.48. The van der Waals surface area contributed by atoms with Crippen LogP contribution in [0, 0.1) is 0 Å². The summed E-state index contributed by atoms with van der Waals surface area (Å²) >= 11 is 0. The summed E-state index contributed by atoms with van der Waals surface area (Å²) in [4.78, 5) is 15.0. The zero-order valence-electron chi connectivity index (χ0n) is 19.8. The van der Waals surface area contributed by atoms with E-state index in [0.717, 1.165) is 57.3 Å². The van der Waals surface area contributed by atoms with E-state index in [0.29, 0.717) is 43.6 Å². The lowest BCUT2D eigenvalue weighted by Crippen LogP contribution is -2.57.